The second-order valence-electron chi connectivity index (χ2n) is 9.99. The normalized spacial score (nSPS) is 23.6. The topological polar surface area (TPSA) is 58.6 Å². The number of nitrogens with zero attached hydrogens (tertiary/aromatic N) is 1. The summed E-state index contributed by atoms with van der Waals surface area (Å²) in [4.78, 5) is 13.6. The van der Waals surface area contributed by atoms with Gasteiger partial charge in [0.1, 0.15) is 11.4 Å². The molecule has 0 unspecified atom stereocenters. The number of carbonyl (C=O) groups excluding carboxylic acids is 1. The standard InChI is InChI=1S/C30H33NO4/c32-28(30(33,25-11-4-1-5-12-25)26-13-6-2-7-14-26)35-29-17-21-31(22-18-29,23-19-29)20-10-24-34-27-15-8-3-9-16-27/h1-9,11-16H,10,17-24H2. The van der Waals surface area contributed by atoms with Crippen molar-refractivity contribution in [2.45, 2.75) is 36.9 Å². The third kappa shape index (κ3) is 4.84. The Labute approximate surface area is 207 Å². The zero-order valence-electron chi connectivity index (χ0n) is 20.1. The van der Waals surface area contributed by atoms with E-state index in [-0.39, 0.29) is 0 Å². The molecule has 0 spiro atoms. The number of carbonyl (C=O) groups is 1. The summed E-state index contributed by atoms with van der Waals surface area (Å²) < 4.78 is 13.1. The van der Waals surface area contributed by atoms with E-state index in [4.69, 9.17) is 9.47 Å². The van der Waals surface area contributed by atoms with Gasteiger partial charge >= 0.3 is 5.97 Å². The molecule has 0 N–H and O–H groups in total. The first-order valence-electron chi connectivity index (χ1n) is 12.6. The summed E-state index contributed by atoms with van der Waals surface area (Å²) in [6.07, 6.45) is 3.40. The van der Waals surface area contributed by atoms with Gasteiger partial charge in [-0.25, -0.2) is 0 Å². The lowest BCUT2D eigenvalue weighted by atomic mass is 9.80. The van der Waals surface area contributed by atoms with Gasteiger partial charge in [0.15, 0.2) is 0 Å². The van der Waals surface area contributed by atoms with Crippen LogP contribution >= 0.6 is 0 Å². The fourth-order valence-electron chi connectivity index (χ4n) is 5.64. The number of fused-ring (bicyclic) bond motifs is 3. The monoisotopic (exact) mass is 471 g/mol. The molecule has 3 heterocycles. The van der Waals surface area contributed by atoms with Crippen LogP contribution in [0.25, 0.3) is 0 Å². The van der Waals surface area contributed by atoms with Crippen molar-refractivity contribution in [2.75, 3.05) is 32.8 Å². The number of rotatable bonds is 9. The summed E-state index contributed by atoms with van der Waals surface area (Å²) in [6.45, 7) is 4.69. The number of hydrogen-bond donors (Lipinski definition) is 0. The number of benzene rings is 3. The maximum absolute atomic E-state index is 14.2. The Kier molecular flexibility index (Phi) is 6.63. The van der Waals surface area contributed by atoms with E-state index < -0.39 is 17.2 Å². The minimum Gasteiger partial charge on any atom is -0.834 e. The predicted molar refractivity (Wildman–Crippen MR) is 133 cm³/mol. The smallest absolute Gasteiger partial charge is 0.304 e. The lowest BCUT2D eigenvalue weighted by molar-refractivity contribution is -0.945. The van der Waals surface area contributed by atoms with Crippen molar-refractivity contribution in [2.24, 2.45) is 0 Å². The summed E-state index contributed by atoms with van der Waals surface area (Å²) in [5.74, 6) is 0.224. The SMILES string of the molecule is O=C(OC12CC[N+](CCCOc3ccccc3)(CC1)CC2)C([O-])(c1ccccc1)c1ccccc1. The van der Waals surface area contributed by atoms with Crippen LogP contribution in [0.2, 0.25) is 0 Å². The molecule has 6 rings (SSSR count). The molecule has 5 heteroatoms. The Morgan fingerprint density at radius 1 is 0.800 bits per heavy atom. The average Bonchev–Trinajstić information content (AvgIpc) is 2.93. The van der Waals surface area contributed by atoms with Crippen molar-refractivity contribution >= 4 is 5.97 Å². The molecule has 3 aromatic carbocycles. The lowest BCUT2D eigenvalue weighted by Crippen LogP contribution is -2.66. The Balaban J connectivity index is 1.23. The molecule has 0 radical (unpaired) electrons. The molecule has 182 valence electrons. The zero-order valence-corrected chi connectivity index (χ0v) is 20.1. The summed E-state index contributed by atoms with van der Waals surface area (Å²) in [5.41, 5.74) is -1.77. The van der Waals surface area contributed by atoms with Gasteiger partial charge in [0, 0.05) is 31.3 Å². The molecule has 0 amide bonds. The van der Waals surface area contributed by atoms with Crippen molar-refractivity contribution < 1.29 is 23.9 Å². The van der Waals surface area contributed by atoms with Crippen molar-refractivity contribution in [3.05, 3.63) is 102 Å². The molecule has 3 fully saturated rings. The maximum Gasteiger partial charge on any atom is 0.304 e. The van der Waals surface area contributed by atoms with E-state index in [1.165, 1.54) is 0 Å². The molecule has 2 bridgehead atoms. The fourth-order valence-corrected chi connectivity index (χ4v) is 5.64. The molecule has 0 aliphatic carbocycles. The minimum atomic E-state index is -2.08. The highest BCUT2D eigenvalue weighted by Gasteiger charge is 2.52. The second-order valence-corrected chi connectivity index (χ2v) is 9.99. The third-order valence-electron chi connectivity index (χ3n) is 7.87. The number of para-hydroxylation sites is 1. The van der Waals surface area contributed by atoms with Crippen molar-refractivity contribution in [1.82, 2.24) is 0 Å². The van der Waals surface area contributed by atoms with Crippen molar-refractivity contribution in [1.29, 1.82) is 0 Å². The van der Waals surface area contributed by atoms with Crippen LogP contribution in [0.15, 0.2) is 91.0 Å². The van der Waals surface area contributed by atoms with E-state index in [1.54, 1.807) is 48.5 Å². The molecule has 5 nitrogen and oxygen atoms in total. The van der Waals surface area contributed by atoms with Gasteiger partial charge in [-0.05, 0) is 23.3 Å². The van der Waals surface area contributed by atoms with Crippen LogP contribution in [-0.4, -0.2) is 48.8 Å². The van der Waals surface area contributed by atoms with Crippen LogP contribution in [0, 0.1) is 0 Å². The third-order valence-corrected chi connectivity index (χ3v) is 7.87. The highest BCUT2D eigenvalue weighted by Crippen LogP contribution is 2.42. The largest absolute Gasteiger partial charge is 0.834 e. The highest BCUT2D eigenvalue weighted by atomic mass is 16.6. The van der Waals surface area contributed by atoms with Gasteiger partial charge in [-0.2, -0.15) is 0 Å². The van der Waals surface area contributed by atoms with Gasteiger partial charge in [0.25, 0.3) is 0 Å². The Morgan fingerprint density at radius 2 is 1.29 bits per heavy atom. The predicted octanol–water partition coefficient (Wildman–Crippen LogP) is 4.06. The molecule has 35 heavy (non-hydrogen) atoms. The first-order valence-corrected chi connectivity index (χ1v) is 12.6. The van der Waals surface area contributed by atoms with Gasteiger partial charge in [-0.3, -0.25) is 4.79 Å². The van der Waals surface area contributed by atoms with E-state index in [9.17, 15) is 9.90 Å². The second kappa shape index (κ2) is 9.84. The van der Waals surface area contributed by atoms with Crippen LogP contribution in [0.5, 0.6) is 5.75 Å². The van der Waals surface area contributed by atoms with Crippen molar-refractivity contribution in [3.8, 4) is 5.75 Å². The first-order chi connectivity index (χ1) is 17.0. The summed E-state index contributed by atoms with van der Waals surface area (Å²) >= 11 is 0. The first kappa shape index (κ1) is 23.6. The molecule has 0 saturated carbocycles. The van der Waals surface area contributed by atoms with E-state index in [2.05, 4.69) is 0 Å². The Morgan fingerprint density at radius 3 is 1.80 bits per heavy atom. The zero-order chi connectivity index (χ0) is 24.2. The molecule has 3 saturated heterocycles. The number of quaternary nitrogens is 1. The number of hydrogen-bond acceptors (Lipinski definition) is 4. The molecule has 3 aliphatic heterocycles. The molecule has 3 aromatic rings. The van der Waals surface area contributed by atoms with Gasteiger partial charge in [-0.1, -0.05) is 78.9 Å². The number of piperidine rings is 3. The van der Waals surface area contributed by atoms with Crippen LogP contribution in [-0.2, 0) is 15.1 Å². The van der Waals surface area contributed by atoms with Gasteiger partial charge in [-0.15, -0.1) is 0 Å². The summed E-state index contributed by atoms with van der Waals surface area (Å²) in [6, 6.07) is 27.7. The fraction of sp³-hybridized carbons (Fsp3) is 0.367. The van der Waals surface area contributed by atoms with Crippen LogP contribution in [0.4, 0.5) is 0 Å². The highest BCUT2D eigenvalue weighted by molar-refractivity contribution is 5.85. The van der Waals surface area contributed by atoms with Crippen LogP contribution < -0.4 is 9.84 Å². The van der Waals surface area contributed by atoms with Crippen molar-refractivity contribution in [3.63, 3.8) is 0 Å². The lowest BCUT2D eigenvalue weighted by Gasteiger charge is -2.55. The van der Waals surface area contributed by atoms with Gasteiger partial charge in [0.05, 0.1) is 32.8 Å². The molecule has 3 aliphatic rings. The molecular formula is C30H33NO4. The van der Waals surface area contributed by atoms with Gasteiger partial charge in [0.2, 0.25) is 0 Å². The number of esters is 1. The van der Waals surface area contributed by atoms with E-state index in [0.29, 0.717) is 17.7 Å². The average molecular weight is 472 g/mol. The van der Waals surface area contributed by atoms with Crippen LogP contribution in [0.1, 0.15) is 36.8 Å². The molecule has 0 aromatic heterocycles. The van der Waals surface area contributed by atoms with E-state index in [1.807, 2.05) is 42.5 Å². The quantitative estimate of drug-likeness (QED) is 0.268. The summed E-state index contributed by atoms with van der Waals surface area (Å²) in [7, 11) is 0. The minimum absolute atomic E-state index is 0.419. The van der Waals surface area contributed by atoms with Gasteiger partial charge < -0.3 is 19.1 Å². The Bertz CT molecular complexity index is 1050. The van der Waals surface area contributed by atoms with Crippen LogP contribution in [0.3, 0.4) is 0 Å². The van der Waals surface area contributed by atoms with E-state index >= 15 is 0 Å². The maximum atomic E-state index is 14.2. The number of ether oxygens (including phenoxy) is 2. The Hall–Kier alpha value is -3.15. The summed E-state index contributed by atoms with van der Waals surface area (Å²) in [5, 5.41) is 14.2. The molecular weight excluding hydrogens is 438 g/mol. The van der Waals surface area contributed by atoms with E-state index in [0.717, 1.165) is 62.1 Å². The molecule has 0 atom stereocenters.